The summed E-state index contributed by atoms with van der Waals surface area (Å²) in [6.07, 6.45) is 3.56. The molecule has 1 fully saturated rings. The van der Waals surface area contributed by atoms with Crippen LogP contribution in [0.3, 0.4) is 0 Å². The molecule has 1 saturated carbocycles. The predicted octanol–water partition coefficient (Wildman–Crippen LogP) is 1.82. The lowest BCUT2D eigenvalue weighted by molar-refractivity contribution is 0.0691. The van der Waals surface area contributed by atoms with Crippen LogP contribution in [0.15, 0.2) is 9.31 Å². The van der Waals surface area contributed by atoms with Gasteiger partial charge in [0.25, 0.3) is 0 Å². The second-order valence-corrected chi connectivity index (χ2v) is 6.48. The molecule has 1 aromatic rings. The third-order valence-electron chi connectivity index (χ3n) is 3.36. The normalized spacial score (nSPS) is 16.9. The van der Waals surface area contributed by atoms with E-state index in [1.807, 2.05) is 0 Å². The van der Waals surface area contributed by atoms with Crippen LogP contribution in [0.1, 0.15) is 47.6 Å². The van der Waals surface area contributed by atoms with Crippen molar-refractivity contribution in [2.45, 2.75) is 50.5 Å². The predicted molar refractivity (Wildman–Crippen MR) is 67.7 cm³/mol. The van der Waals surface area contributed by atoms with Crippen LogP contribution in [0.2, 0.25) is 0 Å². The van der Waals surface area contributed by atoms with Gasteiger partial charge in [-0.05, 0) is 26.7 Å². The summed E-state index contributed by atoms with van der Waals surface area (Å²) >= 11 is 0. The van der Waals surface area contributed by atoms with Crippen molar-refractivity contribution in [3.8, 4) is 0 Å². The molecule has 0 radical (unpaired) electrons. The average Bonchev–Trinajstić information content (AvgIpc) is 2.85. The van der Waals surface area contributed by atoms with E-state index in [1.165, 1.54) is 13.8 Å². The topological polar surface area (TPSA) is 96.6 Å². The van der Waals surface area contributed by atoms with E-state index < -0.39 is 16.0 Å². The number of aryl methyl sites for hydroxylation is 2. The van der Waals surface area contributed by atoms with Gasteiger partial charge < -0.3 is 9.52 Å². The number of hydrogen-bond donors (Lipinski definition) is 2. The van der Waals surface area contributed by atoms with E-state index in [1.54, 1.807) is 0 Å². The summed E-state index contributed by atoms with van der Waals surface area (Å²) in [6, 6.07) is -0.110. The Bertz CT molecular complexity index is 596. The number of aromatic carboxylic acids is 1. The smallest absolute Gasteiger partial charge is 0.340 e. The lowest BCUT2D eigenvalue weighted by atomic mass is 10.2. The molecule has 2 rings (SSSR count). The molecule has 1 aromatic heterocycles. The summed E-state index contributed by atoms with van der Waals surface area (Å²) in [5, 5.41) is 9.13. The summed E-state index contributed by atoms with van der Waals surface area (Å²) in [4.78, 5) is 10.9. The second-order valence-electron chi connectivity index (χ2n) is 4.83. The first-order valence-electron chi connectivity index (χ1n) is 6.18. The van der Waals surface area contributed by atoms with E-state index in [2.05, 4.69) is 4.72 Å². The van der Waals surface area contributed by atoms with Crippen molar-refractivity contribution >= 4 is 16.0 Å². The fraction of sp³-hybridized carbons (Fsp3) is 0.583. The highest BCUT2D eigenvalue weighted by molar-refractivity contribution is 7.89. The number of carboxylic acids is 1. The van der Waals surface area contributed by atoms with Crippen molar-refractivity contribution in [3.05, 3.63) is 17.1 Å². The van der Waals surface area contributed by atoms with Crippen molar-refractivity contribution in [2.24, 2.45) is 0 Å². The zero-order chi connectivity index (χ0) is 14.2. The van der Waals surface area contributed by atoms with Gasteiger partial charge in [-0.15, -0.1) is 0 Å². The Morgan fingerprint density at radius 1 is 1.26 bits per heavy atom. The molecule has 0 saturated heterocycles. The first-order valence-corrected chi connectivity index (χ1v) is 7.67. The van der Waals surface area contributed by atoms with E-state index >= 15 is 0 Å². The first-order chi connectivity index (χ1) is 8.83. The molecule has 0 unspecified atom stereocenters. The highest BCUT2D eigenvalue weighted by Crippen LogP contribution is 2.28. The van der Waals surface area contributed by atoms with Crippen LogP contribution in [0.25, 0.3) is 0 Å². The standard InChI is InChI=1S/C12H17NO5S/c1-7-10(12(14)15)11(8(2)18-7)19(16,17)13-9-5-3-4-6-9/h9,13H,3-6H2,1-2H3,(H,14,15). The van der Waals surface area contributed by atoms with E-state index in [0.717, 1.165) is 25.7 Å². The summed E-state index contributed by atoms with van der Waals surface area (Å²) in [5.41, 5.74) is -0.275. The number of furan rings is 1. The molecule has 0 atom stereocenters. The van der Waals surface area contributed by atoms with Crippen molar-refractivity contribution in [1.82, 2.24) is 4.72 Å². The van der Waals surface area contributed by atoms with Gasteiger partial charge in [0.05, 0.1) is 0 Å². The maximum absolute atomic E-state index is 12.3. The number of hydrogen-bond acceptors (Lipinski definition) is 4. The molecule has 1 aliphatic carbocycles. The molecule has 2 N–H and O–H groups in total. The van der Waals surface area contributed by atoms with Crippen LogP contribution in [0.5, 0.6) is 0 Å². The van der Waals surface area contributed by atoms with Crippen LogP contribution < -0.4 is 4.72 Å². The Morgan fingerprint density at radius 3 is 2.37 bits per heavy atom. The minimum Gasteiger partial charge on any atom is -0.478 e. The highest BCUT2D eigenvalue weighted by Gasteiger charge is 2.32. The zero-order valence-corrected chi connectivity index (χ0v) is 11.7. The summed E-state index contributed by atoms with van der Waals surface area (Å²) in [7, 11) is -3.85. The molecule has 6 nitrogen and oxygen atoms in total. The third kappa shape index (κ3) is 2.66. The van der Waals surface area contributed by atoms with Crippen LogP contribution in [-0.2, 0) is 10.0 Å². The minimum absolute atomic E-state index is 0.108. The molecule has 1 aliphatic rings. The fourth-order valence-corrected chi connectivity index (χ4v) is 4.27. The zero-order valence-electron chi connectivity index (χ0n) is 10.9. The Morgan fingerprint density at radius 2 is 1.84 bits per heavy atom. The Hall–Kier alpha value is -1.34. The number of carbonyl (C=O) groups is 1. The van der Waals surface area contributed by atoms with Gasteiger partial charge in [-0.25, -0.2) is 17.9 Å². The molecule has 0 aliphatic heterocycles. The van der Waals surface area contributed by atoms with Crippen LogP contribution in [0.4, 0.5) is 0 Å². The van der Waals surface area contributed by atoms with Gasteiger partial charge in [-0.3, -0.25) is 0 Å². The molecular weight excluding hydrogens is 270 g/mol. The minimum atomic E-state index is -3.85. The molecule has 19 heavy (non-hydrogen) atoms. The number of rotatable bonds is 4. The first kappa shape index (κ1) is 14.1. The number of carboxylic acid groups (broad SMARTS) is 1. The number of sulfonamides is 1. The van der Waals surface area contributed by atoms with Crippen LogP contribution in [-0.4, -0.2) is 25.5 Å². The average molecular weight is 287 g/mol. The molecular formula is C12H17NO5S. The molecule has 0 spiro atoms. The molecule has 7 heteroatoms. The molecule has 106 valence electrons. The summed E-state index contributed by atoms with van der Waals surface area (Å²) < 4.78 is 32.4. The van der Waals surface area contributed by atoms with Gasteiger partial charge in [-0.2, -0.15) is 0 Å². The quantitative estimate of drug-likeness (QED) is 0.880. The van der Waals surface area contributed by atoms with Crippen molar-refractivity contribution in [3.63, 3.8) is 0 Å². The lowest BCUT2D eigenvalue weighted by Crippen LogP contribution is -2.33. The van der Waals surface area contributed by atoms with Gasteiger partial charge >= 0.3 is 5.97 Å². The highest BCUT2D eigenvalue weighted by atomic mass is 32.2. The van der Waals surface area contributed by atoms with Crippen molar-refractivity contribution < 1.29 is 22.7 Å². The maximum atomic E-state index is 12.3. The lowest BCUT2D eigenvalue weighted by Gasteiger charge is -2.12. The third-order valence-corrected chi connectivity index (χ3v) is 5.04. The molecule has 0 amide bonds. The van der Waals surface area contributed by atoms with Crippen molar-refractivity contribution in [1.29, 1.82) is 0 Å². The summed E-state index contributed by atoms with van der Waals surface area (Å²) in [5.74, 6) is -1.07. The second kappa shape index (κ2) is 4.97. The number of nitrogens with one attached hydrogen (secondary N) is 1. The SMILES string of the molecule is Cc1oc(C)c(S(=O)(=O)NC2CCCC2)c1C(=O)O. The van der Waals surface area contributed by atoms with Gasteiger partial charge in [0.15, 0.2) is 0 Å². The van der Waals surface area contributed by atoms with Gasteiger partial charge in [0.1, 0.15) is 22.0 Å². The maximum Gasteiger partial charge on any atom is 0.340 e. The van der Waals surface area contributed by atoms with E-state index in [4.69, 9.17) is 9.52 Å². The van der Waals surface area contributed by atoms with E-state index in [9.17, 15) is 13.2 Å². The Balaban J connectivity index is 2.42. The Labute approximate surface area is 111 Å². The summed E-state index contributed by atoms with van der Waals surface area (Å²) in [6.45, 7) is 2.91. The van der Waals surface area contributed by atoms with Crippen molar-refractivity contribution in [2.75, 3.05) is 0 Å². The van der Waals surface area contributed by atoms with E-state index in [-0.39, 0.29) is 28.0 Å². The van der Waals surface area contributed by atoms with Gasteiger partial charge in [0.2, 0.25) is 10.0 Å². The van der Waals surface area contributed by atoms with Gasteiger partial charge in [-0.1, -0.05) is 12.8 Å². The molecule has 0 aromatic carbocycles. The van der Waals surface area contributed by atoms with Crippen LogP contribution >= 0.6 is 0 Å². The van der Waals surface area contributed by atoms with E-state index in [0.29, 0.717) is 0 Å². The Kier molecular flexibility index (Phi) is 3.69. The van der Waals surface area contributed by atoms with Crippen LogP contribution in [0, 0.1) is 13.8 Å². The van der Waals surface area contributed by atoms with Gasteiger partial charge in [0, 0.05) is 6.04 Å². The molecule has 1 heterocycles. The largest absolute Gasteiger partial charge is 0.478 e. The fourth-order valence-electron chi connectivity index (χ4n) is 2.56. The monoisotopic (exact) mass is 287 g/mol. The molecule has 0 bridgehead atoms.